The normalized spacial score (nSPS) is 24.7. The van der Waals surface area contributed by atoms with E-state index in [0.29, 0.717) is 37.6 Å². The predicted octanol–water partition coefficient (Wildman–Crippen LogP) is 0.579. The summed E-state index contributed by atoms with van der Waals surface area (Å²) in [7, 11) is -3.49. The Balaban J connectivity index is 1.54. The van der Waals surface area contributed by atoms with Gasteiger partial charge in [0.25, 0.3) is 0 Å². The first-order chi connectivity index (χ1) is 12.7. The lowest BCUT2D eigenvalue weighted by atomic mass is 9.80. The SMILES string of the molecule is CC1(C)CN(CC(=O)N2CCN(S(=O)(=O)c3ccccc3)CC2)CCC1N. The molecular weight excluding hydrogens is 364 g/mol. The molecule has 1 aromatic rings. The molecule has 0 aromatic heterocycles. The molecule has 7 nitrogen and oxygen atoms in total. The van der Waals surface area contributed by atoms with E-state index >= 15 is 0 Å². The second-order valence-electron chi connectivity index (χ2n) is 8.19. The molecule has 1 amide bonds. The fourth-order valence-electron chi connectivity index (χ4n) is 3.83. The van der Waals surface area contributed by atoms with Gasteiger partial charge in [-0.25, -0.2) is 8.42 Å². The Kier molecular flexibility index (Phi) is 5.90. The number of hydrogen-bond donors (Lipinski definition) is 1. The molecule has 2 saturated heterocycles. The lowest BCUT2D eigenvalue weighted by molar-refractivity contribution is -0.134. The smallest absolute Gasteiger partial charge is 0.243 e. The van der Waals surface area contributed by atoms with Crippen LogP contribution in [0, 0.1) is 5.41 Å². The number of sulfonamides is 1. The molecule has 1 unspecified atom stereocenters. The second-order valence-corrected chi connectivity index (χ2v) is 10.1. The summed E-state index contributed by atoms with van der Waals surface area (Å²) in [4.78, 5) is 16.9. The number of benzene rings is 1. The second kappa shape index (κ2) is 7.87. The largest absolute Gasteiger partial charge is 0.339 e. The van der Waals surface area contributed by atoms with Crippen LogP contribution in [-0.2, 0) is 14.8 Å². The van der Waals surface area contributed by atoms with Gasteiger partial charge < -0.3 is 10.6 Å². The Labute approximate surface area is 162 Å². The van der Waals surface area contributed by atoms with Crippen LogP contribution < -0.4 is 5.73 Å². The zero-order valence-corrected chi connectivity index (χ0v) is 17.0. The molecule has 2 aliphatic heterocycles. The number of nitrogens with zero attached hydrogens (tertiary/aromatic N) is 3. The average molecular weight is 395 g/mol. The van der Waals surface area contributed by atoms with E-state index in [4.69, 9.17) is 5.73 Å². The van der Waals surface area contributed by atoms with E-state index in [9.17, 15) is 13.2 Å². The molecule has 0 bridgehead atoms. The number of piperazine rings is 1. The average Bonchev–Trinajstić information content (AvgIpc) is 2.65. The van der Waals surface area contributed by atoms with E-state index in [1.165, 1.54) is 4.31 Å². The molecule has 0 radical (unpaired) electrons. The summed E-state index contributed by atoms with van der Waals surface area (Å²) in [6.07, 6.45) is 0.892. The summed E-state index contributed by atoms with van der Waals surface area (Å²) in [6, 6.07) is 8.61. The summed E-state index contributed by atoms with van der Waals surface area (Å²) in [6.45, 7) is 7.83. The van der Waals surface area contributed by atoms with Crippen LogP contribution in [-0.4, -0.2) is 80.3 Å². The number of likely N-dealkylation sites (tertiary alicyclic amines) is 1. The Morgan fingerprint density at radius 3 is 2.33 bits per heavy atom. The third kappa shape index (κ3) is 4.51. The van der Waals surface area contributed by atoms with Crippen LogP contribution in [0.3, 0.4) is 0 Å². The van der Waals surface area contributed by atoms with Gasteiger partial charge in [0.2, 0.25) is 15.9 Å². The molecule has 1 atom stereocenters. The first-order valence-electron chi connectivity index (χ1n) is 9.51. The molecule has 8 heteroatoms. The van der Waals surface area contributed by atoms with Crippen LogP contribution in [0.1, 0.15) is 20.3 Å². The Hall–Kier alpha value is -1.48. The number of piperidine rings is 1. The van der Waals surface area contributed by atoms with E-state index in [2.05, 4.69) is 18.7 Å². The number of nitrogens with two attached hydrogens (primary N) is 1. The fraction of sp³-hybridized carbons (Fsp3) is 0.632. The summed E-state index contributed by atoms with van der Waals surface area (Å²) in [5, 5.41) is 0. The molecule has 0 spiro atoms. The van der Waals surface area contributed by atoms with Crippen molar-refractivity contribution in [2.24, 2.45) is 11.1 Å². The number of rotatable bonds is 4. The molecule has 27 heavy (non-hydrogen) atoms. The lowest BCUT2D eigenvalue weighted by Crippen LogP contribution is -2.56. The Morgan fingerprint density at radius 1 is 1.11 bits per heavy atom. The third-order valence-electron chi connectivity index (χ3n) is 5.72. The maximum Gasteiger partial charge on any atom is 0.243 e. The predicted molar refractivity (Wildman–Crippen MR) is 105 cm³/mol. The van der Waals surface area contributed by atoms with Gasteiger partial charge in [0, 0.05) is 45.3 Å². The molecule has 2 N–H and O–H groups in total. The highest BCUT2D eigenvalue weighted by molar-refractivity contribution is 7.89. The van der Waals surface area contributed by atoms with Crippen molar-refractivity contribution in [1.82, 2.24) is 14.1 Å². The summed E-state index contributed by atoms with van der Waals surface area (Å²) < 4.78 is 26.8. The van der Waals surface area contributed by atoms with Gasteiger partial charge in [-0.2, -0.15) is 4.31 Å². The number of carbonyl (C=O) groups is 1. The van der Waals surface area contributed by atoms with Crippen molar-refractivity contribution < 1.29 is 13.2 Å². The van der Waals surface area contributed by atoms with Gasteiger partial charge in [0.15, 0.2) is 0 Å². The van der Waals surface area contributed by atoms with E-state index in [1.807, 2.05) is 0 Å². The van der Waals surface area contributed by atoms with Crippen molar-refractivity contribution in [1.29, 1.82) is 0 Å². The highest BCUT2D eigenvalue weighted by Crippen LogP contribution is 2.27. The topological polar surface area (TPSA) is 87.0 Å². The first-order valence-corrected chi connectivity index (χ1v) is 10.9. The molecule has 1 aromatic carbocycles. The zero-order chi connectivity index (χ0) is 19.7. The maximum absolute atomic E-state index is 12.7. The Morgan fingerprint density at radius 2 is 1.74 bits per heavy atom. The number of carbonyl (C=O) groups excluding carboxylic acids is 1. The van der Waals surface area contributed by atoms with Crippen molar-refractivity contribution in [3.8, 4) is 0 Å². The van der Waals surface area contributed by atoms with E-state index in [0.717, 1.165) is 19.5 Å². The van der Waals surface area contributed by atoms with Crippen LogP contribution in [0.5, 0.6) is 0 Å². The molecule has 0 aliphatic carbocycles. The van der Waals surface area contributed by atoms with Crippen molar-refractivity contribution in [2.75, 3.05) is 45.8 Å². The lowest BCUT2D eigenvalue weighted by Gasteiger charge is -2.43. The zero-order valence-electron chi connectivity index (χ0n) is 16.2. The van der Waals surface area contributed by atoms with Crippen molar-refractivity contribution >= 4 is 15.9 Å². The minimum Gasteiger partial charge on any atom is -0.339 e. The van der Waals surface area contributed by atoms with Gasteiger partial charge in [0.05, 0.1) is 11.4 Å². The van der Waals surface area contributed by atoms with E-state index in [-0.39, 0.29) is 17.4 Å². The minimum atomic E-state index is -3.49. The monoisotopic (exact) mass is 394 g/mol. The number of amides is 1. The molecular formula is C19H30N4O3S. The van der Waals surface area contributed by atoms with Crippen LogP contribution in [0.4, 0.5) is 0 Å². The quantitative estimate of drug-likeness (QED) is 0.807. The molecule has 2 heterocycles. The van der Waals surface area contributed by atoms with Crippen LogP contribution >= 0.6 is 0 Å². The van der Waals surface area contributed by atoms with Crippen LogP contribution in [0.15, 0.2) is 35.2 Å². The van der Waals surface area contributed by atoms with Crippen molar-refractivity contribution in [3.05, 3.63) is 30.3 Å². The third-order valence-corrected chi connectivity index (χ3v) is 7.64. The van der Waals surface area contributed by atoms with Gasteiger partial charge in [-0.05, 0) is 24.0 Å². The highest BCUT2D eigenvalue weighted by Gasteiger charge is 2.35. The number of hydrogen-bond acceptors (Lipinski definition) is 5. The maximum atomic E-state index is 12.7. The van der Waals surface area contributed by atoms with Gasteiger partial charge in [-0.15, -0.1) is 0 Å². The van der Waals surface area contributed by atoms with Crippen LogP contribution in [0.2, 0.25) is 0 Å². The Bertz CT molecular complexity index is 758. The minimum absolute atomic E-state index is 0.000981. The highest BCUT2D eigenvalue weighted by atomic mass is 32.2. The van der Waals surface area contributed by atoms with E-state index in [1.54, 1.807) is 35.2 Å². The van der Waals surface area contributed by atoms with Gasteiger partial charge in [-0.1, -0.05) is 32.0 Å². The molecule has 3 rings (SSSR count). The van der Waals surface area contributed by atoms with Gasteiger partial charge in [0.1, 0.15) is 0 Å². The van der Waals surface area contributed by atoms with Gasteiger partial charge in [-0.3, -0.25) is 9.69 Å². The van der Waals surface area contributed by atoms with Crippen LogP contribution in [0.25, 0.3) is 0 Å². The molecule has 2 aliphatic rings. The first kappa shape index (κ1) is 20.3. The summed E-state index contributed by atoms with van der Waals surface area (Å²) in [5.41, 5.74) is 6.17. The van der Waals surface area contributed by atoms with Gasteiger partial charge >= 0.3 is 0 Å². The summed E-state index contributed by atoms with van der Waals surface area (Å²) in [5.74, 6) is 0.0676. The molecule has 0 saturated carbocycles. The summed E-state index contributed by atoms with van der Waals surface area (Å²) >= 11 is 0. The van der Waals surface area contributed by atoms with Crippen molar-refractivity contribution in [3.63, 3.8) is 0 Å². The standard InChI is InChI=1S/C19H30N4O3S/c1-19(2)15-21(9-8-17(19)20)14-18(24)22-10-12-23(13-11-22)27(25,26)16-6-4-3-5-7-16/h3-7,17H,8-15,20H2,1-2H3. The molecule has 150 valence electrons. The fourth-order valence-corrected chi connectivity index (χ4v) is 5.27. The molecule has 2 fully saturated rings. The van der Waals surface area contributed by atoms with Crippen molar-refractivity contribution in [2.45, 2.75) is 31.2 Å². The van der Waals surface area contributed by atoms with E-state index < -0.39 is 10.0 Å².